The zero-order chi connectivity index (χ0) is 16.0. The second kappa shape index (κ2) is 8.17. The lowest BCUT2D eigenvalue weighted by Crippen LogP contribution is -2.36. The molecule has 1 aromatic heterocycles. The number of H-pyrrole nitrogens is 1. The Balaban J connectivity index is 3.04. The fraction of sp³-hybridized carbons (Fsp3) is 0.769. The highest BCUT2D eigenvalue weighted by atomic mass is 32.2. The van der Waals surface area contributed by atoms with Crippen molar-refractivity contribution in [2.75, 3.05) is 25.6 Å². The molecule has 0 aliphatic rings. The van der Waals surface area contributed by atoms with Crippen molar-refractivity contribution in [2.45, 2.75) is 44.7 Å². The molecule has 8 heteroatoms. The molecular formula is C13H26N4O2S2. The van der Waals surface area contributed by atoms with Crippen LogP contribution in [0.25, 0.3) is 0 Å². The first-order chi connectivity index (χ1) is 9.86. The van der Waals surface area contributed by atoms with Gasteiger partial charge in [0.15, 0.2) is 0 Å². The first-order valence-corrected chi connectivity index (χ1v) is 9.91. The molecule has 0 bridgehead atoms. The Hall–Kier alpha value is -0.570. The maximum absolute atomic E-state index is 12.8. The average Bonchev–Trinajstić information content (AvgIpc) is 2.83. The summed E-state index contributed by atoms with van der Waals surface area (Å²) in [5.74, 6) is 0.940. The van der Waals surface area contributed by atoms with Gasteiger partial charge in [-0.1, -0.05) is 6.92 Å². The lowest BCUT2D eigenvalue weighted by atomic mass is 10.3. The molecule has 0 saturated carbocycles. The molecule has 1 rings (SSSR count). The van der Waals surface area contributed by atoms with E-state index in [1.54, 1.807) is 25.7 Å². The molecular weight excluding hydrogens is 308 g/mol. The summed E-state index contributed by atoms with van der Waals surface area (Å²) < 4.78 is 27.1. The molecule has 0 aliphatic carbocycles. The van der Waals surface area contributed by atoms with Gasteiger partial charge in [-0.25, -0.2) is 8.42 Å². The summed E-state index contributed by atoms with van der Waals surface area (Å²) in [4.78, 5) is 0.307. The van der Waals surface area contributed by atoms with Crippen molar-refractivity contribution in [3.05, 3.63) is 11.4 Å². The molecule has 0 saturated heterocycles. The molecule has 6 nitrogen and oxygen atoms in total. The van der Waals surface area contributed by atoms with Gasteiger partial charge in [0, 0.05) is 19.6 Å². The third-order valence-corrected chi connectivity index (χ3v) is 6.32. The van der Waals surface area contributed by atoms with Crippen LogP contribution in [-0.4, -0.2) is 54.6 Å². The Morgan fingerprint density at radius 1 is 1.48 bits per heavy atom. The normalized spacial score (nSPS) is 13.8. The van der Waals surface area contributed by atoms with Gasteiger partial charge >= 0.3 is 0 Å². The average molecular weight is 335 g/mol. The van der Waals surface area contributed by atoms with Crippen molar-refractivity contribution in [3.63, 3.8) is 0 Å². The number of aromatic amines is 1. The van der Waals surface area contributed by atoms with E-state index in [1.165, 1.54) is 4.31 Å². The molecule has 122 valence electrons. The first kappa shape index (κ1) is 18.5. The summed E-state index contributed by atoms with van der Waals surface area (Å²) in [6.45, 7) is 6.88. The van der Waals surface area contributed by atoms with Crippen LogP contribution in [0, 0.1) is 6.92 Å². The van der Waals surface area contributed by atoms with E-state index in [0.29, 0.717) is 22.8 Å². The van der Waals surface area contributed by atoms with E-state index in [2.05, 4.69) is 15.5 Å². The standard InChI is InChI=1S/C13H26N4O2S2/c1-6-14-9-12-13(11(3)15-16-12)21(18,19)17(4)10(2)7-8-20-5/h10,14H,6-9H2,1-5H3,(H,15,16). The van der Waals surface area contributed by atoms with Crippen LogP contribution in [0.3, 0.4) is 0 Å². The Kier molecular flexibility index (Phi) is 7.19. The van der Waals surface area contributed by atoms with Crippen LogP contribution in [0.15, 0.2) is 4.90 Å². The van der Waals surface area contributed by atoms with Crippen LogP contribution >= 0.6 is 11.8 Å². The molecule has 1 unspecified atom stereocenters. The second-order valence-electron chi connectivity index (χ2n) is 5.06. The van der Waals surface area contributed by atoms with Gasteiger partial charge < -0.3 is 5.32 Å². The maximum Gasteiger partial charge on any atom is 0.246 e. The third-order valence-electron chi connectivity index (χ3n) is 3.50. The number of hydrogen-bond acceptors (Lipinski definition) is 5. The molecule has 0 spiro atoms. The van der Waals surface area contributed by atoms with Gasteiger partial charge in [0.25, 0.3) is 0 Å². The van der Waals surface area contributed by atoms with E-state index in [4.69, 9.17) is 0 Å². The highest BCUT2D eigenvalue weighted by Crippen LogP contribution is 2.23. The van der Waals surface area contributed by atoms with Crippen LogP contribution in [-0.2, 0) is 16.6 Å². The smallest absolute Gasteiger partial charge is 0.246 e. The van der Waals surface area contributed by atoms with Crippen molar-refractivity contribution in [1.29, 1.82) is 0 Å². The van der Waals surface area contributed by atoms with Gasteiger partial charge in [0.2, 0.25) is 10.0 Å². The monoisotopic (exact) mass is 334 g/mol. The minimum absolute atomic E-state index is 0.0382. The van der Waals surface area contributed by atoms with E-state index in [1.807, 2.05) is 20.1 Å². The van der Waals surface area contributed by atoms with Gasteiger partial charge in [-0.05, 0) is 38.8 Å². The number of thioether (sulfide) groups is 1. The fourth-order valence-electron chi connectivity index (χ4n) is 2.03. The Bertz CT molecular complexity index is 542. The fourth-order valence-corrected chi connectivity index (χ4v) is 4.32. The molecule has 0 amide bonds. The van der Waals surface area contributed by atoms with Crippen molar-refractivity contribution < 1.29 is 8.42 Å². The molecule has 0 radical (unpaired) electrons. The number of hydrogen-bond donors (Lipinski definition) is 2. The van der Waals surface area contributed by atoms with Crippen LogP contribution < -0.4 is 5.32 Å². The summed E-state index contributed by atoms with van der Waals surface area (Å²) in [6.07, 6.45) is 2.85. The van der Waals surface area contributed by atoms with Crippen LogP contribution in [0.4, 0.5) is 0 Å². The van der Waals surface area contributed by atoms with Crippen molar-refractivity contribution in [1.82, 2.24) is 19.8 Å². The number of sulfonamides is 1. The van der Waals surface area contributed by atoms with Crippen molar-refractivity contribution in [3.8, 4) is 0 Å². The quantitative estimate of drug-likeness (QED) is 0.717. The Labute approximate surface area is 132 Å². The molecule has 1 atom stereocenters. The summed E-state index contributed by atoms with van der Waals surface area (Å²) in [5.41, 5.74) is 1.14. The van der Waals surface area contributed by atoms with Gasteiger partial charge in [0.05, 0.1) is 11.4 Å². The highest BCUT2D eigenvalue weighted by molar-refractivity contribution is 7.98. The number of nitrogens with zero attached hydrogens (tertiary/aromatic N) is 2. The molecule has 1 heterocycles. The SMILES string of the molecule is CCNCc1n[nH]c(C)c1S(=O)(=O)N(C)C(C)CCSC. The summed E-state index contributed by atoms with van der Waals surface area (Å²) >= 11 is 1.72. The minimum Gasteiger partial charge on any atom is -0.311 e. The zero-order valence-electron chi connectivity index (χ0n) is 13.4. The van der Waals surface area contributed by atoms with E-state index in [-0.39, 0.29) is 6.04 Å². The highest BCUT2D eigenvalue weighted by Gasteiger charge is 2.30. The summed E-state index contributed by atoms with van der Waals surface area (Å²) in [7, 11) is -1.88. The topological polar surface area (TPSA) is 78.1 Å². The summed E-state index contributed by atoms with van der Waals surface area (Å²) in [6, 6.07) is -0.0382. The van der Waals surface area contributed by atoms with Gasteiger partial charge in [-0.2, -0.15) is 21.2 Å². The van der Waals surface area contributed by atoms with E-state index in [9.17, 15) is 8.42 Å². The Morgan fingerprint density at radius 2 is 2.14 bits per heavy atom. The lowest BCUT2D eigenvalue weighted by Gasteiger charge is -2.24. The van der Waals surface area contributed by atoms with E-state index < -0.39 is 10.0 Å². The summed E-state index contributed by atoms with van der Waals surface area (Å²) in [5, 5.41) is 10.0. The van der Waals surface area contributed by atoms with Crippen molar-refractivity contribution in [2.24, 2.45) is 0 Å². The van der Waals surface area contributed by atoms with Crippen LogP contribution in [0.5, 0.6) is 0 Å². The van der Waals surface area contributed by atoms with Crippen molar-refractivity contribution >= 4 is 21.8 Å². The minimum atomic E-state index is -3.53. The number of aromatic nitrogens is 2. The molecule has 0 fully saturated rings. The van der Waals surface area contributed by atoms with Crippen LogP contribution in [0.2, 0.25) is 0 Å². The second-order valence-corrected chi connectivity index (χ2v) is 7.98. The van der Waals surface area contributed by atoms with Gasteiger partial charge in [0.1, 0.15) is 4.90 Å². The maximum atomic E-state index is 12.8. The predicted octanol–water partition coefficient (Wildman–Crippen LogP) is 1.59. The Morgan fingerprint density at radius 3 is 2.71 bits per heavy atom. The van der Waals surface area contributed by atoms with Crippen LogP contribution in [0.1, 0.15) is 31.7 Å². The predicted molar refractivity (Wildman–Crippen MR) is 88.1 cm³/mol. The number of aryl methyl sites for hydroxylation is 1. The zero-order valence-corrected chi connectivity index (χ0v) is 15.1. The molecule has 0 aliphatic heterocycles. The molecule has 0 aromatic carbocycles. The molecule has 21 heavy (non-hydrogen) atoms. The van der Waals surface area contributed by atoms with Gasteiger partial charge in [-0.3, -0.25) is 5.10 Å². The third kappa shape index (κ3) is 4.45. The molecule has 2 N–H and O–H groups in total. The largest absolute Gasteiger partial charge is 0.311 e. The van der Waals surface area contributed by atoms with E-state index >= 15 is 0 Å². The lowest BCUT2D eigenvalue weighted by molar-refractivity contribution is 0.381. The first-order valence-electron chi connectivity index (χ1n) is 7.07. The van der Waals surface area contributed by atoms with E-state index in [0.717, 1.165) is 18.7 Å². The van der Waals surface area contributed by atoms with Gasteiger partial charge in [-0.15, -0.1) is 0 Å². The molecule has 1 aromatic rings. The number of rotatable bonds is 9. The number of nitrogens with one attached hydrogen (secondary N) is 2.